The first-order chi connectivity index (χ1) is 10.1. The number of likely N-dealkylation sites (tertiary alicyclic amines) is 1. The van der Waals surface area contributed by atoms with E-state index >= 15 is 0 Å². The summed E-state index contributed by atoms with van der Waals surface area (Å²) in [5.41, 5.74) is 6.55. The number of piperazine rings is 1. The van der Waals surface area contributed by atoms with E-state index in [1.807, 2.05) is 0 Å². The van der Waals surface area contributed by atoms with Gasteiger partial charge in [0.15, 0.2) is 0 Å². The van der Waals surface area contributed by atoms with Crippen molar-refractivity contribution in [2.45, 2.75) is 58.0 Å². The summed E-state index contributed by atoms with van der Waals surface area (Å²) >= 11 is 0. The fourth-order valence-electron chi connectivity index (χ4n) is 4.14. The third kappa shape index (κ3) is 4.19. The van der Waals surface area contributed by atoms with Gasteiger partial charge in [0, 0.05) is 44.3 Å². The van der Waals surface area contributed by atoms with Gasteiger partial charge in [0.25, 0.3) is 0 Å². The van der Waals surface area contributed by atoms with Crippen LogP contribution < -0.4 is 5.73 Å². The third-order valence-electron chi connectivity index (χ3n) is 5.65. The number of hydrogen-bond acceptors (Lipinski definition) is 4. The normalized spacial score (nSPS) is 30.7. The molecule has 2 aliphatic rings. The summed E-state index contributed by atoms with van der Waals surface area (Å²) in [7, 11) is 0. The zero-order valence-corrected chi connectivity index (χ0v) is 14.5. The molecule has 1 unspecified atom stereocenters. The van der Waals surface area contributed by atoms with Crippen molar-refractivity contribution in [1.82, 2.24) is 14.7 Å². The van der Waals surface area contributed by atoms with E-state index in [1.54, 1.807) is 0 Å². The van der Waals surface area contributed by atoms with Crippen molar-refractivity contribution < 1.29 is 0 Å². The first-order valence-corrected chi connectivity index (χ1v) is 9.03. The maximum atomic E-state index is 6.28. The number of nitrogens with two attached hydrogens (primary N) is 1. The Kier molecular flexibility index (Phi) is 6.48. The van der Waals surface area contributed by atoms with Gasteiger partial charge in [0.05, 0.1) is 0 Å². The first kappa shape index (κ1) is 17.2. The van der Waals surface area contributed by atoms with Crippen LogP contribution in [-0.2, 0) is 0 Å². The molecule has 0 saturated carbocycles. The second-order valence-corrected chi connectivity index (χ2v) is 7.24. The Morgan fingerprint density at radius 1 is 1.00 bits per heavy atom. The number of rotatable bonds is 5. The van der Waals surface area contributed by atoms with Crippen LogP contribution in [0.25, 0.3) is 0 Å². The molecule has 0 spiro atoms. The summed E-state index contributed by atoms with van der Waals surface area (Å²) in [6.45, 7) is 16.3. The van der Waals surface area contributed by atoms with E-state index in [0.29, 0.717) is 6.04 Å². The zero-order chi connectivity index (χ0) is 15.3. The van der Waals surface area contributed by atoms with Gasteiger partial charge in [-0.3, -0.25) is 9.80 Å². The maximum absolute atomic E-state index is 6.28. The van der Waals surface area contributed by atoms with Crippen LogP contribution in [0.5, 0.6) is 0 Å². The summed E-state index contributed by atoms with van der Waals surface area (Å²) in [6, 6.07) is 0.676. The molecular weight excluding hydrogens is 260 g/mol. The van der Waals surface area contributed by atoms with Crippen LogP contribution in [0, 0.1) is 0 Å². The molecule has 2 N–H and O–H groups in total. The van der Waals surface area contributed by atoms with Crippen LogP contribution in [0.1, 0.15) is 46.5 Å². The lowest BCUT2D eigenvalue weighted by molar-refractivity contribution is 0.0174. The highest BCUT2D eigenvalue weighted by molar-refractivity contribution is 4.96. The van der Waals surface area contributed by atoms with Crippen molar-refractivity contribution >= 4 is 0 Å². The predicted molar refractivity (Wildman–Crippen MR) is 90.6 cm³/mol. The molecule has 124 valence electrons. The summed E-state index contributed by atoms with van der Waals surface area (Å²) in [5, 5.41) is 0. The quantitative estimate of drug-likeness (QED) is 0.836. The average Bonchev–Trinajstić information content (AvgIpc) is 2.71. The monoisotopic (exact) mass is 296 g/mol. The van der Waals surface area contributed by atoms with Crippen LogP contribution in [0.3, 0.4) is 0 Å². The Bertz CT molecular complexity index is 299. The molecule has 0 radical (unpaired) electrons. The molecule has 0 aromatic carbocycles. The lowest BCUT2D eigenvalue weighted by atomic mass is 9.87. The van der Waals surface area contributed by atoms with E-state index in [9.17, 15) is 0 Å². The van der Waals surface area contributed by atoms with E-state index in [1.165, 1.54) is 71.5 Å². The van der Waals surface area contributed by atoms with E-state index in [2.05, 4.69) is 35.5 Å². The van der Waals surface area contributed by atoms with Gasteiger partial charge in [-0.1, -0.05) is 6.92 Å². The van der Waals surface area contributed by atoms with Crippen LogP contribution in [0.4, 0.5) is 0 Å². The molecular formula is C17H36N4. The minimum atomic E-state index is 0.269. The van der Waals surface area contributed by atoms with Crippen LogP contribution in [-0.4, -0.2) is 78.6 Å². The van der Waals surface area contributed by atoms with Gasteiger partial charge in [0.2, 0.25) is 0 Å². The smallest absolute Gasteiger partial charge is 0.0345 e. The fourth-order valence-corrected chi connectivity index (χ4v) is 4.14. The topological polar surface area (TPSA) is 35.7 Å². The van der Waals surface area contributed by atoms with Crippen molar-refractivity contribution in [1.29, 1.82) is 0 Å². The molecule has 4 heteroatoms. The Hall–Kier alpha value is -0.160. The van der Waals surface area contributed by atoms with Crippen LogP contribution >= 0.6 is 0 Å². The van der Waals surface area contributed by atoms with Gasteiger partial charge in [-0.2, -0.15) is 0 Å². The first-order valence-electron chi connectivity index (χ1n) is 9.03. The van der Waals surface area contributed by atoms with Crippen molar-refractivity contribution in [3.63, 3.8) is 0 Å². The summed E-state index contributed by atoms with van der Waals surface area (Å²) in [5.74, 6) is 0. The molecule has 2 fully saturated rings. The summed E-state index contributed by atoms with van der Waals surface area (Å²) in [4.78, 5) is 7.96. The zero-order valence-electron chi connectivity index (χ0n) is 14.5. The van der Waals surface area contributed by atoms with E-state index in [0.717, 1.165) is 6.54 Å². The summed E-state index contributed by atoms with van der Waals surface area (Å²) in [6.07, 6.45) is 5.11. The molecule has 2 rings (SSSR count). The number of nitrogens with zero attached hydrogens (tertiary/aromatic N) is 3. The average molecular weight is 297 g/mol. The van der Waals surface area contributed by atoms with E-state index in [-0.39, 0.29) is 5.54 Å². The molecule has 2 heterocycles. The van der Waals surface area contributed by atoms with Gasteiger partial charge in [-0.25, -0.2) is 0 Å². The Balaban J connectivity index is 1.95. The SMILES string of the molecule is CCCN1CCCC(CN)(N2CCN(C(C)C)CC2)CC1. The lowest BCUT2D eigenvalue weighted by Crippen LogP contribution is -2.61. The highest BCUT2D eigenvalue weighted by Gasteiger charge is 2.38. The Labute approximate surface area is 131 Å². The molecule has 0 aliphatic carbocycles. The fraction of sp³-hybridized carbons (Fsp3) is 1.00. The van der Waals surface area contributed by atoms with Gasteiger partial charge in [0.1, 0.15) is 0 Å². The largest absolute Gasteiger partial charge is 0.329 e. The molecule has 0 amide bonds. The van der Waals surface area contributed by atoms with E-state index < -0.39 is 0 Å². The summed E-state index contributed by atoms with van der Waals surface area (Å²) < 4.78 is 0. The third-order valence-corrected chi connectivity index (χ3v) is 5.65. The van der Waals surface area contributed by atoms with Crippen molar-refractivity contribution in [3.05, 3.63) is 0 Å². The molecule has 21 heavy (non-hydrogen) atoms. The second-order valence-electron chi connectivity index (χ2n) is 7.24. The molecule has 1 atom stereocenters. The van der Waals surface area contributed by atoms with Gasteiger partial charge in [-0.05, 0) is 59.2 Å². The minimum absolute atomic E-state index is 0.269. The van der Waals surface area contributed by atoms with Gasteiger partial charge in [-0.15, -0.1) is 0 Å². The van der Waals surface area contributed by atoms with Gasteiger partial charge >= 0.3 is 0 Å². The van der Waals surface area contributed by atoms with E-state index in [4.69, 9.17) is 5.73 Å². The standard InChI is InChI=1S/C17H36N4/c1-4-8-19-9-5-6-17(15-18,7-10-19)21-13-11-20(12-14-21)16(2)3/h16H,4-15,18H2,1-3H3. The predicted octanol–water partition coefficient (Wildman–Crippen LogP) is 1.61. The highest BCUT2D eigenvalue weighted by Crippen LogP contribution is 2.29. The van der Waals surface area contributed by atoms with Crippen molar-refractivity contribution in [3.8, 4) is 0 Å². The number of hydrogen-bond donors (Lipinski definition) is 1. The Morgan fingerprint density at radius 3 is 2.29 bits per heavy atom. The van der Waals surface area contributed by atoms with Crippen LogP contribution in [0.15, 0.2) is 0 Å². The Morgan fingerprint density at radius 2 is 1.71 bits per heavy atom. The maximum Gasteiger partial charge on any atom is 0.0345 e. The minimum Gasteiger partial charge on any atom is -0.329 e. The molecule has 2 saturated heterocycles. The highest BCUT2D eigenvalue weighted by atomic mass is 15.3. The van der Waals surface area contributed by atoms with Crippen LogP contribution in [0.2, 0.25) is 0 Å². The molecule has 0 bridgehead atoms. The lowest BCUT2D eigenvalue weighted by Gasteiger charge is -2.48. The van der Waals surface area contributed by atoms with Crippen molar-refractivity contribution in [2.75, 3.05) is 52.4 Å². The molecule has 2 aliphatic heterocycles. The molecule has 0 aromatic heterocycles. The van der Waals surface area contributed by atoms with Crippen molar-refractivity contribution in [2.24, 2.45) is 5.73 Å². The molecule has 0 aromatic rings. The molecule has 4 nitrogen and oxygen atoms in total. The van der Waals surface area contributed by atoms with Gasteiger partial charge < -0.3 is 10.6 Å². The second kappa shape index (κ2) is 7.91.